The molecular formula is C16H19N5O3. The number of anilines is 2. The number of morpholine rings is 1. The van der Waals surface area contributed by atoms with Gasteiger partial charge in [-0.1, -0.05) is 6.07 Å². The van der Waals surface area contributed by atoms with Gasteiger partial charge in [-0.3, -0.25) is 10.1 Å². The number of nitrogens with zero attached hydrogens (tertiary/aromatic N) is 3. The molecule has 8 heteroatoms. The highest BCUT2D eigenvalue weighted by atomic mass is 16.6. The molecule has 1 aromatic heterocycles. The first-order chi connectivity index (χ1) is 11.5. The Morgan fingerprint density at radius 3 is 2.88 bits per heavy atom. The van der Waals surface area contributed by atoms with Gasteiger partial charge in [0.2, 0.25) is 0 Å². The third kappa shape index (κ3) is 3.66. The van der Waals surface area contributed by atoms with Crippen molar-refractivity contribution in [1.29, 1.82) is 0 Å². The van der Waals surface area contributed by atoms with Crippen LogP contribution in [0.25, 0.3) is 0 Å². The largest absolute Gasteiger partial charge is 0.369 e. The van der Waals surface area contributed by atoms with E-state index in [0.29, 0.717) is 36.0 Å². The minimum atomic E-state index is -0.390. The summed E-state index contributed by atoms with van der Waals surface area (Å²) >= 11 is 0. The van der Waals surface area contributed by atoms with Crippen molar-refractivity contribution in [3.63, 3.8) is 0 Å². The zero-order valence-corrected chi connectivity index (χ0v) is 13.6. The summed E-state index contributed by atoms with van der Waals surface area (Å²) in [4.78, 5) is 19.5. The van der Waals surface area contributed by atoms with Crippen LogP contribution in [0.3, 0.4) is 0 Å². The fraction of sp³-hybridized carbons (Fsp3) is 0.375. The van der Waals surface area contributed by atoms with E-state index < -0.39 is 4.92 Å². The number of rotatable bonds is 4. The average Bonchev–Trinajstić information content (AvgIpc) is 2.56. The van der Waals surface area contributed by atoms with E-state index in [1.165, 1.54) is 6.07 Å². The molecule has 0 saturated carbocycles. The highest BCUT2D eigenvalue weighted by molar-refractivity contribution is 5.61. The molecule has 1 aliphatic rings. The first-order valence-electron chi connectivity index (χ1n) is 7.73. The monoisotopic (exact) mass is 329 g/mol. The second kappa shape index (κ2) is 6.90. The van der Waals surface area contributed by atoms with Crippen LogP contribution in [0.4, 0.5) is 17.2 Å². The van der Waals surface area contributed by atoms with E-state index >= 15 is 0 Å². The van der Waals surface area contributed by atoms with Gasteiger partial charge >= 0.3 is 0 Å². The van der Waals surface area contributed by atoms with Gasteiger partial charge in [0.15, 0.2) is 0 Å². The Labute approximate surface area is 139 Å². The third-order valence-electron chi connectivity index (χ3n) is 3.79. The molecule has 1 atom stereocenters. The topological polar surface area (TPSA) is 102 Å². The van der Waals surface area contributed by atoms with E-state index in [-0.39, 0.29) is 11.8 Å². The second-order valence-corrected chi connectivity index (χ2v) is 5.67. The fourth-order valence-corrected chi connectivity index (χ4v) is 2.61. The van der Waals surface area contributed by atoms with Crippen molar-refractivity contribution in [1.82, 2.24) is 15.3 Å². The minimum Gasteiger partial charge on any atom is -0.369 e. The molecule has 1 aromatic carbocycles. The third-order valence-corrected chi connectivity index (χ3v) is 3.79. The molecule has 2 N–H and O–H groups in total. The number of hydrogen-bond donors (Lipinski definition) is 2. The summed E-state index contributed by atoms with van der Waals surface area (Å²) < 4.78 is 5.72. The normalized spacial score (nSPS) is 17.5. The number of benzene rings is 1. The van der Waals surface area contributed by atoms with Crippen molar-refractivity contribution in [2.75, 3.05) is 25.0 Å². The molecule has 3 rings (SSSR count). The Morgan fingerprint density at radius 1 is 1.33 bits per heavy atom. The number of ether oxygens (including phenoxy) is 1. The Balaban J connectivity index is 1.86. The van der Waals surface area contributed by atoms with Crippen molar-refractivity contribution in [3.05, 3.63) is 51.5 Å². The molecular weight excluding hydrogens is 310 g/mol. The van der Waals surface area contributed by atoms with E-state index in [1.54, 1.807) is 19.1 Å². The van der Waals surface area contributed by atoms with Crippen molar-refractivity contribution in [2.24, 2.45) is 0 Å². The zero-order chi connectivity index (χ0) is 17.1. The van der Waals surface area contributed by atoms with Crippen LogP contribution in [0.1, 0.15) is 23.2 Å². The molecule has 0 radical (unpaired) electrons. The predicted molar refractivity (Wildman–Crippen MR) is 89.4 cm³/mol. The number of aryl methyl sites for hydroxylation is 2. The molecule has 0 spiro atoms. The summed E-state index contributed by atoms with van der Waals surface area (Å²) in [5, 5.41) is 17.5. The SMILES string of the molecule is Cc1nc(Nc2ccc(C)c([N+](=O)[O-])c2)cc(C2CNCCO2)n1. The van der Waals surface area contributed by atoms with Crippen LogP contribution >= 0.6 is 0 Å². The van der Waals surface area contributed by atoms with Crippen LogP contribution in [0.2, 0.25) is 0 Å². The van der Waals surface area contributed by atoms with Gasteiger partial charge in [-0.15, -0.1) is 0 Å². The maximum Gasteiger partial charge on any atom is 0.274 e. The minimum absolute atomic E-state index is 0.0748. The Morgan fingerprint density at radius 2 is 2.17 bits per heavy atom. The lowest BCUT2D eigenvalue weighted by Gasteiger charge is -2.23. The van der Waals surface area contributed by atoms with Crippen LogP contribution in [0.15, 0.2) is 24.3 Å². The van der Waals surface area contributed by atoms with E-state index in [0.717, 1.165) is 12.2 Å². The van der Waals surface area contributed by atoms with Crippen LogP contribution < -0.4 is 10.6 Å². The van der Waals surface area contributed by atoms with Crippen molar-refractivity contribution >= 4 is 17.2 Å². The zero-order valence-electron chi connectivity index (χ0n) is 13.6. The molecule has 126 valence electrons. The number of aromatic nitrogens is 2. The van der Waals surface area contributed by atoms with Crippen LogP contribution in [0.5, 0.6) is 0 Å². The van der Waals surface area contributed by atoms with Crippen molar-refractivity contribution in [3.8, 4) is 0 Å². The smallest absolute Gasteiger partial charge is 0.274 e. The lowest BCUT2D eigenvalue weighted by Crippen LogP contribution is -2.33. The maximum atomic E-state index is 11.1. The highest BCUT2D eigenvalue weighted by Crippen LogP contribution is 2.26. The lowest BCUT2D eigenvalue weighted by molar-refractivity contribution is -0.385. The molecule has 0 bridgehead atoms. The lowest BCUT2D eigenvalue weighted by atomic mass is 10.2. The van der Waals surface area contributed by atoms with Crippen molar-refractivity contribution < 1.29 is 9.66 Å². The van der Waals surface area contributed by atoms with Gasteiger partial charge in [-0.2, -0.15) is 0 Å². The first-order valence-corrected chi connectivity index (χ1v) is 7.73. The second-order valence-electron chi connectivity index (χ2n) is 5.67. The Bertz CT molecular complexity index is 759. The first kappa shape index (κ1) is 16.3. The maximum absolute atomic E-state index is 11.1. The molecule has 24 heavy (non-hydrogen) atoms. The molecule has 2 heterocycles. The quantitative estimate of drug-likeness (QED) is 0.656. The number of nitro groups is 1. The van der Waals surface area contributed by atoms with Crippen LogP contribution in [-0.2, 0) is 4.74 Å². The van der Waals surface area contributed by atoms with Crippen LogP contribution in [-0.4, -0.2) is 34.6 Å². The van der Waals surface area contributed by atoms with Gasteiger partial charge in [0.05, 0.1) is 17.2 Å². The van der Waals surface area contributed by atoms with Gasteiger partial charge in [0.1, 0.15) is 17.7 Å². The standard InChI is InChI=1S/C16H19N5O3/c1-10-3-4-12(7-14(10)21(22)23)20-16-8-13(18-11(2)19-16)15-9-17-5-6-24-15/h3-4,7-8,15,17H,5-6,9H2,1-2H3,(H,18,19,20). The predicted octanol–water partition coefficient (Wildman–Crippen LogP) is 2.41. The summed E-state index contributed by atoms with van der Waals surface area (Å²) in [5.41, 5.74) is 2.09. The number of hydrogen-bond acceptors (Lipinski definition) is 7. The summed E-state index contributed by atoms with van der Waals surface area (Å²) in [6.07, 6.45) is -0.117. The average molecular weight is 329 g/mol. The van der Waals surface area contributed by atoms with E-state index in [4.69, 9.17) is 4.74 Å². The molecule has 1 saturated heterocycles. The Hall–Kier alpha value is -2.58. The van der Waals surface area contributed by atoms with E-state index in [9.17, 15) is 10.1 Å². The van der Waals surface area contributed by atoms with E-state index in [1.807, 2.05) is 13.0 Å². The summed E-state index contributed by atoms with van der Waals surface area (Å²) in [7, 11) is 0. The molecule has 8 nitrogen and oxygen atoms in total. The molecule has 1 fully saturated rings. The molecule has 1 aliphatic heterocycles. The summed E-state index contributed by atoms with van der Waals surface area (Å²) in [5.74, 6) is 1.20. The number of nitrogens with one attached hydrogen (secondary N) is 2. The molecule has 2 aromatic rings. The molecule has 0 aliphatic carbocycles. The fourth-order valence-electron chi connectivity index (χ4n) is 2.61. The molecule has 1 unspecified atom stereocenters. The summed E-state index contributed by atoms with van der Waals surface area (Å²) in [6.45, 7) is 5.69. The van der Waals surface area contributed by atoms with Crippen LogP contribution in [0, 0.1) is 24.0 Å². The summed E-state index contributed by atoms with van der Waals surface area (Å²) in [6, 6.07) is 6.82. The Kier molecular flexibility index (Phi) is 4.68. The van der Waals surface area contributed by atoms with Gasteiger partial charge in [0.25, 0.3) is 5.69 Å². The number of nitro benzene ring substituents is 1. The van der Waals surface area contributed by atoms with Crippen molar-refractivity contribution in [2.45, 2.75) is 20.0 Å². The highest BCUT2D eigenvalue weighted by Gasteiger charge is 2.19. The van der Waals surface area contributed by atoms with Gasteiger partial charge in [0, 0.05) is 36.5 Å². The van der Waals surface area contributed by atoms with Gasteiger partial charge < -0.3 is 15.4 Å². The molecule has 0 amide bonds. The van der Waals surface area contributed by atoms with Gasteiger partial charge in [-0.25, -0.2) is 9.97 Å². The van der Waals surface area contributed by atoms with Gasteiger partial charge in [-0.05, 0) is 19.9 Å². The van der Waals surface area contributed by atoms with E-state index in [2.05, 4.69) is 20.6 Å².